The Morgan fingerprint density at radius 3 is 2.61 bits per heavy atom. The number of aliphatic imine (C=N–C) groups is 1. The van der Waals surface area contributed by atoms with E-state index in [1.807, 2.05) is 55.3 Å². The van der Waals surface area contributed by atoms with Gasteiger partial charge in [-0.25, -0.2) is 29.9 Å². The number of hydrogen-bond acceptors (Lipinski definition) is 8. The molecule has 4 heterocycles. The van der Waals surface area contributed by atoms with Crippen LogP contribution < -0.4 is 10.6 Å². The van der Waals surface area contributed by atoms with E-state index in [0.29, 0.717) is 17.9 Å². The number of rotatable bonds is 6. The molecule has 9 nitrogen and oxygen atoms in total. The molecule has 1 saturated carbocycles. The van der Waals surface area contributed by atoms with Gasteiger partial charge in [-0.15, -0.1) is 0 Å². The Bertz CT molecular complexity index is 1260. The zero-order valence-corrected chi connectivity index (χ0v) is 18.8. The van der Waals surface area contributed by atoms with Gasteiger partial charge in [0.2, 0.25) is 5.95 Å². The molecule has 0 radical (unpaired) electrons. The fourth-order valence-corrected chi connectivity index (χ4v) is 4.24. The summed E-state index contributed by atoms with van der Waals surface area (Å²) in [5.74, 6) is 0.964. The van der Waals surface area contributed by atoms with Gasteiger partial charge in [0.25, 0.3) is 0 Å². The SMILES string of the molecule is CNC1CCC(C=Nc2ncc(C)c(-c3cnc4ccc(Nc5cncnc5)cn34)n2)CC1. The van der Waals surface area contributed by atoms with Gasteiger partial charge in [0.15, 0.2) is 0 Å². The molecule has 0 aromatic carbocycles. The van der Waals surface area contributed by atoms with Gasteiger partial charge in [0.1, 0.15) is 12.0 Å². The topological polar surface area (TPSA) is 105 Å². The molecular weight excluding hydrogens is 414 g/mol. The average molecular weight is 442 g/mol. The first kappa shape index (κ1) is 21.1. The van der Waals surface area contributed by atoms with Gasteiger partial charge < -0.3 is 10.6 Å². The van der Waals surface area contributed by atoms with Gasteiger partial charge in [0.05, 0.1) is 41.4 Å². The number of aryl methyl sites for hydroxylation is 1. The Hall–Kier alpha value is -3.72. The van der Waals surface area contributed by atoms with Crippen LogP contribution in [0.25, 0.3) is 17.0 Å². The first-order chi connectivity index (χ1) is 16.2. The molecular formula is C24H27N9. The van der Waals surface area contributed by atoms with Gasteiger partial charge in [-0.3, -0.25) is 4.40 Å². The zero-order valence-electron chi connectivity index (χ0n) is 18.8. The molecule has 5 rings (SSSR count). The third-order valence-corrected chi connectivity index (χ3v) is 6.14. The Balaban J connectivity index is 1.41. The molecule has 1 fully saturated rings. The number of nitrogens with zero attached hydrogens (tertiary/aromatic N) is 7. The van der Waals surface area contributed by atoms with E-state index in [-0.39, 0.29) is 0 Å². The van der Waals surface area contributed by atoms with Crippen LogP contribution in [0.1, 0.15) is 31.2 Å². The van der Waals surface area contributed by atoms with Crippen LogP contribution >= 0.6 is 0 Å². The summed E-state index contributed by atoms with van der Waals surface area (Å²) >= 11 is 0. The van der Waals surface area contributed by atoms with Gasteiger partial charge in [0, 0.05) is 24.7 Å². The summed E-state index contributed by atoms with van der Waals surface area (Å²) in [5, 5.41) is 6.69. The van der Waals surface area contributed by atoms with E-state index >= 15 is 0 Å². The number of nitrogens with one attached hydrogen (secondary N) is 2. The molecule has 1 aliphatic rings. The molecule has 0 amide bonds. The standard InChI is InChI=1S/C24H27N9/c1-16-9-29-24(30-10-17-3-5-18(25-2)6-4-17)32-23(16)21-13-28-22-8-7-19(14-33(21)22)31-20-11-26-15-27-12-20/h7-15,17-18,25,31H,3-6H2,1-2H3. The van der Waals surface area contributed by atoms with Crippen LogP contribution in [0.5, 0.6) is 0 Å². The Morgan fingerprint density at radius 2 is 1.82 bits per heavy atom. The van der Waals surface area contributed by atoms with E-state index in [0.717, 1.165) is 46.8 Å². The second kappa shape index (κ2) is 9.41. The predicted molar refractivity (Wildman–Crippen MR) is 129 cm³/mol. The third kappa shape index (κ3) is 4.73. The van der Waals surface area contributed by atoms with Crippen molar-refractivity contribution >= 4 is 29.2 Å². The molecule has 4 aromatic rings. The molecule has 2 N–H and O–H groups in total. The van der Waals surface area contributed by atoms with Gasteiger partial charge in [-0.05, 0) is 63.3 Å². The van der Waals surface area contributed by atoms with Crippen molar-refractivity contribution in [2.24, 2.45) is 10.9 Å². The van der Waals surface area contributed by atoms with Crippen molar-refractivity contribution < 1.29 is 0 Å². The lowest BCUT2D eigenvalue weighted by atomic mass is 9.87. The number of pyridine rings is 1. The van der Waals surface area contributed by atoms with Crippen molar-refractivity contribution in [3.63, 3.8) is 0 Å². The number of fused-ring (bicyclic) bond motifs is 1. The summed E-state index contributed by atoms with van der Waals surface area (Å²) in [6.45, 7) is 2.00. The van der Waals surface area contributed by atoms with Crippen LogP contribution in [0.4, 0.5) is 17.3 Å². The first-order valence-corrected chi connectivity index (χ1v) is 11.2. The molecule has 0 unspecified atom stereocenters. The highest BCUT2D eigenvalue weighted by Crippen LogP contribution is 2.27. The second-order valence-corrected chi connectivity index (χ2v) is 8.42. The van der Waals surface area contributed by atoms with Crippen molar-refractivity contribution in [3.8, 4) is 11.4 Å². The number of anilines is 2. The van der Waals surface area contributed by atoms with Crippen LogP contribution in [-0.4, -0.2) is 48.6 Å². The summed E-state index contributed by atoms with van der Waals surface area (Å²) in [7, 11) is 2.04. The lowest BCUT2D eigenvalue weighted by Gasteiger charge is -2.25. The number of hydrogen-bond donors (Lipinski definition) is 2. The highest BCUT2D eigenvalue weighted by Gasteiger charge is 2.18. The fourth-order valence-electron chi connectivity index (χ4n) is 4.24. The average Bonchev–Trinajstić information content (AvgIpc) is 3.27. The number of aromatic nitrogens is 6. The van der Waals surface area contributed by atoms with E-state index in [2.05, 4.69) is 35.6 Å². The summed E-state index contributed by atoms with van der Waals surface area (Å²) in [6, 6.07) is 4.57. The van der Waals surface area contributed by atoms with E-state index < -0.39 is 0 Å². The molecule has 33 heavy (non-hydrogen) atoms. The van der Waals surface area contributed by atoms with E-state index in [4.69, 9.17) is 4.98 Å². The zero-order chi connectivity index (χ0) is 22.6. The Morgan fingerprint density at radius 1 is 1.00 bits per heavy atom. The molecule has 0 atom stereocenters. The smallest absolute Gasteiger partial charge is 0.249 e. The normalized spacial score (nSPS) is 18.7. The Labute approximate surface area is 192 Å². The molecule has 168 valence electrons. The van der Waals surface area contributed by atoms with Crippen molar-refractivity contribution in [1.29, 1.82) is 0 Å². The monoisotopic (exact) mass is 441 g/mol. The minimum absolute atomic E-state index is 0.481. The maximum Gasteiger partial charge on any atom is 0.249 e. The maximum absolute atomic E-state index is 4.77. The largest absolute Gasteiger partial charge is 0.352 e. The summed E-state index contributed by atoms with van der Waals surface area (Å²) in [4.78, 5) is 26.5. The summed E-state index contributed by atoms with van der Waals surface area (Å²) in [5.41, 5.74) is 5.24. The lowest BCUT2D eigenvalue weighted by molar-refractivity contribution is 0.358. The highest BCUT2D eigenvalue weighted by molar-refractivity contribution is 5.68. The fraction of sp³-hybridized carbons (Fsp3) is 0.333. The molecule has 0 saturated heterocycles. The minimum atomic E-state index is 0.481. The van der Waals surface area contributed by atoms with Crippen LogP contribution in [0.15, 0.2) is 54.4 Å². The highest BCUT2D eigenvalue weighted by atomic mass is 15.1. The van der Waals surface area contributed by atoms with Gasteiger partial charge >= 0.3 is 0 Å². The van der Waals surface area contributed by atoms with Crippen LogP contribution in [0.3, 0.4) is 0 Å². The van der Waals surface area contributed by atoms with Gasteiger partial charge in [-0.2, -0.15) is 0 Å². The van der Waals surface area contributed by atoms with E-state index in [1.165, 1.54) is 19.2 Å². The van der Waals surface area contributed by atoms with Crippen LogP contribution in [0.2, 0.25) is 0 Å². The lowest BCUT2D eigenvalue weighted by Crippen LogP contribution is -2.30. The van der Waals surface area contributed by atoms with Crippen molar-refractivity contribution in [1.82, 2.24) is 34.6 Å². The second-order valence-electron chi connectivity index (χ2n) is 8.42. The molecule has 9 heteroatoms. The van der Waals surface area contributed by atoms with Crippen molar-refractivity contribution in [2.45, 2.75) is 38.6 Å². The molecule has 0 spiro atoms. The van der Waals surface area contributed by atoms with E-state index in [9.17, 15) is 0 Å². The van der Waals surface area contributed by atoms with E-state index in [1.54, 1.807) is 12.4 Å². The van der Waals surface area contributed by atoms with Crippen LogP contribution in [0, 0.1) is 12.8 Å². The molecule has 0 bridgehead atoms. The van der Waals surface area contributed by atoms with Crippen LogP contribution in [-0.2, 0) is 0 Å². The van der Waals surface area contributed by atoms with Gasteiger partial charge in [-0.1, -0.05) is 0 Å². The molecule has 4 aromatic heterocycles. The van der Waals surface area contributed by atoms with Crippen molar-refractivity contribution in [2.75, 3.05) is 12.4 Å². The molecule has 1 aliphatic carbocycles. The quantitative estimate of drug-likeness (QED) is 0.434. The third-order valence-electron chi connectivity index (χ3n) is 6.14. The first-order valence-electron chi connectivity index (χ1n) is 11.2. The molecule has 0 aliphatic heterocycles. The maximum atomic E-state index is 4.77. The number of imidazole rings is 1. The summed E-state index contributed by atoms with van der Waals surface area (Å²) < 4.78 is 2.02. The van der Waals surface area contributed by atoms with Crippen molar-refractivity contribution in [3.05, 3.63) is 55.0 Å². The Kier molecular flexibility index (Phi) is 6.03. The predicted octanol–water partition coefficient (Wildman–Crippen LogP) is 4.11. The summed E-state index contributed by atoms with van der Waals surface area (Å²) in [6.07, 6.45) is 17.3. The minimum Gasteiger partial charge on any atom is -0.352 e.